The first-order chi connectivity index (χ1) is 10.9. The lowest BCUT2D eigenvalue weighted by Crippen LogP contribution is -2.34. The fourth-order valence-electron chi connectivity index (χ4n) is 3.12. The Kier molecular flexibility index (Phi) is 3.87. The Labute approximate surface area is 133 Å². The second-order valence-corrected chi connectivity index (χ2v) is 6.47. The number of hydrogen-bond donors (Lipinski definition) is 3. The van der Waals surface area contributed by atoms with Gasteiger partial charge in [0.2, 0.25) is 5.91 Å². The number of rotatable bonds is 5. The van der Waals surface area contributed by atoms with E-state index in [-0.39, 0.29) is 29.5 Å². The number of aromatic nitrogens is 3. The van der Waals surface area contributed by atoms with Crippen LogP contribution in [0.3, 0.4) is 0 Å². The van der Waals surface area contributed by atoms with E-state index in [1.54, 1.807) is 14.0 Å². The molecule has 1 unspecified atom stereocenters. The van der Waals surface area contributed by atoms with E-state index in [1.165, 1.54) is 17.5 Å². The third-order valence-electron chi connectivity index (χ3n) is 4.72. The van der Waals surface area contributed by atoms with E-state index >= 15 is 0 Å². The lowest BCUT2D eigenvalue weighted by molar-refractivity contribution is -0.121. The molecule has 2 aromatic heterocycles. The molecule has 2 heterocycles. The van der Waals surface area contributed by atoms with Crippen molar-refractivity contribution in [1.29, 1.82) is 0 Å². The van der Waals surface area contributed by atoms with Crippen LogP contribution in [0.5, 0.6) is 0 Å². The summed E-state index contributed by atoms with van der Waals surface area (Å²) >= 11 is 0. The Morgan fingerprint density at radius 1 is 1.35 bits per heavy atom. The average molecular weight is 318 g/mol. The van der Waals surface area contributed by atoms with Gasteiger partial charge in [-0.2, -0.15) is 0 Å². The molecule has 1 saturated carbocycles. The van der Waals surface area contributed by atoms with Gasteiger partial charge in [0.05, 0.1) is 5.39 Å². The van der Waals surface area contributed by atoms with Crippen molar-refractivity contribution in [2.45, 2.75) is 45.6 Å². The van der Waals surface area contributed by atoms with Crippen LogP contribution < -0.4 is 16.4 Å². The maximum Gasteiger partial charge on any atom is 0.273 e. The normalized spacial score (nSPS) is 15.8. The molecule has 3 rings (SSSR count). The maximum absolute atomic E-state index is 12.3. The van der Waals surface area contributed by atoms with Crippen molar-refractivity contribution in [3.05, 3.63) is 31.8 Å². The van der Waals surface area contributed by atoms with Gasteiger partial charge in [-0.3, -0.25) is 24.2 Å². The smallest absolute Gasteiger partial charge is 0.273 e. The molecule has 0 aliphatic heterocycles. The number of aryl methyl sites for hydroxylation is 2. The molecule has 2 aromatic rings. The Morgan fingerprint density at radius 3 is 2.70 bits per heavy atom. The molecule has 1 fully saturated rings. The molecule has 0 radical (unpaired) electrons. The monoisotopic (exact) mass is 318 g/mol. The van der Waals surface area contributed by atoms with E-state index in [2.05, 4.69) is 15.4 Å². The quantitative estimate of drug-likeness (QED) is 0.757. The first-order valence-electron chi connectivity index (χ1n) is 7.98. The molecule has 1 atom stereocenters. The number of pyridine rings is 1. The Bertz CT molecular complexity index is 870. The summed E-state index contributed by atoms with van der Waals surface area (Å²) in [5.41, 5.74) is 1.15. The van der Waals surface area contributed by atoms with Crippen molar-refractivity contribution in [2.24, 2.45) is 13.0 Å². The molecule has 1 aliphatic carbocycles. The first-order valence-corrected chi connectivity index (χ1v) is 7.98. The highest BCUT2D eigenvalue weighted by Crippen LogP contribution is 2.32. The number of H-pyrrole nitrogens is 2. The number of carbonyl (C=O) groups is 1. The van der Waals surface area contributed by atoms with Gasteiger partial charge < -0.3 is 10.3 Å². The molecule has 0 spiro atoms. The summed E-state index contributed by atoms with van der Waals surface area (Å²) in [6.07, 6.45) is 2.92. The highest BCUT2D eigenvalue weighted by molar-refractivity contribution is 5.80. The van der Waals surface area contributed by atoms with Crippen LogP contribution in [0, 0.1) is 12.8 Å². The van der Waals surface area contributed by atoms with Gasteiger partial charge in [0, 0.05) is 25.1 Å². The third kappa shape index (κ3) is 2.95. The van der Waals surface area contributed by atoms with Gasteiger partial charge in [0.1, 0.15) is 5.65 Å². The standard InChI is InChI=1S/C16H22N4O3/c1-8-11(6-7-12(21)17-9(2)10-4-5-10)15(22)18-14-13(8)16(23)19-20(14)3/h9-10H,4-7H2,1-3H3,(H,17,21)(H,18,22)(H,19,23). The van der Waals surface area contributed by atoms with E-state index in [4.69, 9.17) is 0 Å². The molecule has 0 saturated heterocycles. The number of fused-ring (bicyclic) bond motifs is 1. The predicted octanol–water partition coefficient (Wildman–Crippen LogP) is 0.711. The molecule has 1 aliphatic rings. The summed E-state index contributed by atoms with van der Waals surface area (Å²) in [5, 5.41) is 6.09. The molecule has 0 bridgehead atoms. The van der Waals surface area contributed by atoms with Gasteiger partial charge in [-0.25, -0.2) is 0 Å². The third-order valence-corrected chi connectivity index (χ3v) is 4.72. The van der Waals surface area contributed by atoms with Crippen LogP contribution in [0.25, 0.3) is 11.0 Å². The fraction of sp³-hybridized carbons (Fsp3) is 0.562. The van der Waals surface area contributed by atoms with Crippen LogP contribution in [0.1, 0.15) is 37.3 Å². The van der Waals surface area contributed by atoms with Crippen LogP contribution in [-0.4, -0.2) is 26.7 Å². The lowest BCUT2D eigenvalue weighted by Gasteiger charge is -2.13. The lowest BCUT2D eigenvalue weighted by atomic mass is 10.0. The van der Waals surface area contributed by atoms with Crippen molar-refractivity contribution >= 4 is 16.9 Å². The zero-order valence-corrected chi connectivity index (χ0v) is 13.7. The SMILES string of the molecule is Cc1c(CCC(=O)NC(C)C2CC2)c(=O)[nH]c2c1c(=O)[nH]n2C. The molecule has 124 valence electrons. The number of amides is 1. The molecular formula is C16H22N4O3. The second-order valence-electron chi connectivity index (χ2n) is 6.47. The Morgan fingerprint density at radius 2 is 2.04 bits per heavy atom. The van der Waals surface area contributed by atoms with Gasteiger partial charge in [0.15, 0.2) is 0 Å². The first kappa shape index (κ1) is 15.6. The van der Waals surface area contributed by atoms with Gasteiger partial charge in [0.25, 0.3) is 11.1 Å². The molecule has 1 amide bonds. The van der Waals surface area contributed by atoms with Gasteiger partial charge in [-0.05, 0) is 44.6 Å². The zero-order valence-electron chi connectivity index (χ0n) is 13.7. The molecule has 0 aromatic carbocycles. The van der Waals surface area contributed by atoms with Gasteiger partial charge in [-0.1, -0.05) is 0 Å². The predicted molar refractivity (Wildman–Crippen MR) is 87.5 cm³/mol. The topological polar surface area (TPSA) is 99.8 Å². The zero-order chi connectivity index (χ0) is 16.7. The highest BCUT2D eigenvalue weighted by Gasteiger charge is 2.28. The molecule has 7 heteroatoms. The molecule has 7 nitrogen and oxygen atoms in total. The molecule has 3 N–H and O–H groups in total. The summed E-state index contributed by atoms with van der Waals surface area (Å²) < 4.78 is 1.50. The number of carbonyl (C=O) groups excluding carboxylic acids is 1. The number of nitrogens with zero attached hydrogens (tertiary/aromatic N) is 1. The van der Waals surface area contributed by atoms with Crippen molar-refractivity contribution < 1.29 is 4.79 Å². The van der Waals surface area contributed by atoms with Gasteiger partial charge >= 0.3 is 0 Å². The summed E-state index contributed by atoms with van der Waals surface area (Å²) in [6.45, 7) is 3.77. The fourth-order valence-corrected chi connectivity index (χ4v) is 3.12. The van der Waals surface area contributed by atoms with E-state index in [1.807, 2.05) is 6.92 Å². The van der Waals surface area contributed by atoms with E-state index in [0.29, 0.717) is 34.5 Å². The Hall–Kier alpha value is -2.31. The molecule has 23 heavy (non-hydrogen) atoms. The second kappa shape index (κ2) is 5.72. The minimum Gasteiger partial charge on any atom is -0.353 e. The highest BCUT2D eigenvalue weighted by atomic mass is 16.2. The minimum absolute atomic E-state index is 0.0507. The average Bonchev–Trinajstić information content (AvgIpc) is 3.26. The Balaban J connectivity index is 1.80. The van der Waals surface area contributed by atoms with Crippen molar-refractivity contribution in [3.63, 3.8) is 0 Å². The van der Waals surface area contributed by atoms with E-state index < -0.39 is 0 Å². The van der Waals surface area contributed by atoms with Crippen LogP contribution in [0.15, 0.2) is 9.59 Å². The van der Waals surface area contributed by atoms with Crippen LogP contribution in [-0.2, 0) is 18.3 Å². The van der Waals surface area contributed by atoms with Crippen molar-refractivity contribution in [1.82, 2.24) is 20.1 Å². The molecular weight excluding hydrogens is 296 g/mol. The number of aromatic amines is 2. The number of hydrogen-bond acceptors (Lipinski definition) is 3. The summed E-state index contributed by atoms with van der Waals surface area (Å²) in [6, 6.07) is 0.196. The van der Waals surface area contributed by atoms with Crippen LogP contribution in [0.2, 0.25) is 0 Å². The summed E-state index contributed by atoms with van der Waals surface area (Å²) in [7, 11) is 1.67. The van der Waals surface area contributed by atoms with Crippen LogP contribution in [0.4, 0.5) is 0 Å². The number of nitrogens with one attached hydrogen (secondary N) is 3. The largest absolute Gasteiger partial charge is 0.353 e. The van der Waals surface area contributed by atoms with Crippen molar-refractivity contribution in [3.8, 4) is 0 Å². The van der Waals surface area contributed by atoms with Crippen molar-refractivity contribution in [2.75, 3.05) is 0 Å². The summed E-state index contributed by atoms with van der Waals surface area (Å²) in [4.78, 5) is 39.0. The maximum atomic E-state index is 12.3. The van der Waals surface area contributed by atoms with E-state index in [0.717, 1.165) is 0 Å². The summed E-state index contributed by atoms with van der Waals surface area (Å²) in [5.74, 6) is 0.550. The minimum atomic E-state index is -0.243. The van der Waals surface area contributed by atoms with Gasteiger partial charge in [-0.15, -0.1) is 0 Å². The van der Waals surface area contributed by atoms with Crippen LogP contribution >= 0.6 is 0 Å². The van der Waals surface area contributed by atoms with E-state index in [9.17, 15) is 14.4 Å².